The summed E-state index contributed by atoms with van der Waals surface area (Å²) in [7, 11) is 3.02. The molecule has 0 aromatic heterocycles. The predicted octanol–water partition coefficient (Wildman–Crippen LogP) is 1.51. The zero-order valence-corrected chi connectivity index (χ0v) is 23.9. The number of carbonyl (C=O) groups excluding carboxylic acids is 4. The van der Waals surface area contributed by atoms with Crippen molar-refractivity contribution in [1.82, 2.24) is 9.80 Å². The molecule has 0 aromatic carbocycles. The van der Waals surface area contributed by atoms with Crippen LogP contribution in [0.5, 0.6) is 0 Å². The summed E-state index contributed by atoms with van der Waals surface area (Å²) in [5.74, 6) is -2.65. The molecule has 8 nitrogen and oxygen atoms in total. The first kappa shape index (κ1) is 36.7. The van der Waals surface area contributed by atoms with Crippen molar-refractivity contribution in [2.24, 2.45) is 0 Å². The van der Waals surface area contributed by atoms with E-state index in [2.05, 4.69) is 13.8 Å². The van der Waals surface area contributed by atoms with Crippen LogP contribution >= 0.6 is 0 Å². The molecule has 0 rings (SSSR count). The standard InChI is InChI=1S/2C12H23NO3.Ca/c2*1-4-5-6-7-8-9-11(14)13(3)10(2)12(15)16;/h2*10H,4-9H2,1-3H3,(H,15,16);/q;;+2/p-2. The number of rotatable bonds is 16. The van der Waals surface area contributed by atoms with Crippen LogP contribution in [0.1, 0.15) is 105 Å². The van der Waals surface area contributed by atoms with Gasteiger partial charge in [0.1, 0.15) is 0 Å². The Morgan fingerprint density at radius 1 is 0.606 bits per heavy atom. The summed E-state index contributed by atoms with van der Waals surface area (Å²) in [4.78, 5) is 46.7. The average molecular weight is 497 g/mol. The molecule has 0 bridgehead atoms. The Bertz CT molecular complexity index is 511. The Hall–Kier alpha value is -0.860. The van der Waals surface area contributed by atoms with E-state index in [0.29, 0.717) is 12.8 Å². The molecule has 0 aliphatic rings. The number of aliphatic carboxylic acids is 2. The van der Waals surface area contributed by atoms with Crippen molar-refractivity contribution in [3.05, 3.63) is 0 Å². The monoisotopic (exact) mass is 496 g/mol. The normalized spacial score (nSPS) is 11.8. The molecular formula is C24H44CaN2O6. The maximum absolute atomic E-state index is 11.6. The second-order valence-corrected chi connectivity index (χ2v) is 8.33. The molecule has 0 aliphatic heterocycles. The van der Waals surface area contributed by atoms with Gasteiger partial charge in [0, 0.05) is 26.9 Å². The van der Waals surface area contributed by atoms with Crippen LogP contribution in [0, 0.1) is 0 Å². The fourth-order valence-corrected chi connectivity index (χ4v) is 2.86. The van der Waals surface area contributed by atoms with Crippen LogP contribution in [-0.4, -0.2) is 97.5 Å². The second-order valence-electron chi connectivity index (χ2n) is 8.33. The number of likely N-dealkylation sites (N-methyl/N-ethyl adjacent to an activating group) is 2. The van der Waals surface area contributed by atoms with Gasteiger partial charge >= 0.3 is 37.7 Å². The molecule has 0 heterocycles. The molecule has 2 unspecified atom stereocenters. The van der Waals surface area contributed by atoms with Gasteiger partial charge in [-0.05, 0) is 26.7 Å². The minimum atomic E-state index is -1.21. The average Bonchev–Trinajstić information content (AvgIpc) is 2.76. The van der Waals surface area contributed by atoms with E-state index in [-0.39, 0.29) is 49.6 Å². The summed E-state index contributed by atoms with van der Waals surface area (Å²) in [6, 6.07) is -1.69. The number of nitrogens with zero attached hydrogens (tertiary/aromatic N) is 2. The Balaban J connectivity index is -0.000000529. The number of carbonyl (C=O) groups is 4. The van der Waals surface area contributed by atoms with Gasteiger partial charge in [0.05, 0.1) is 24.0 Å². The van der Waals surface area contributed by atoms with E-state index in [4.69, 9.17) is 0 Å². The largest absolute Gasteiger partial charge is 2.00 e. The zero-order chi connectivity index (χ0) is 25.1. The fraction of sp³-hybridized carbons (Fsp3) is 0.833. The summed E-state index contributed by atoms with van der Waals surface area (Å²) in [5.41, 5.74) is 0. The molecule has 0 aromatic rings. The molecule has 0 saturated heterocycles. The quantitative estimate of drug-likeness (QED) is 0.236. The van der Waals surface area contributed by atoms with Gasteiger partial charge in [-0.15, -0.1) is 0 Å². The van der Waals surface area contributed by atoms with Gasteiger partial charge in [-0.3, -0.25) is 9.59 Å². The topological polar surface area (TPSA) is 121 Å². The van der Waals surface area contributed by atoms with Crippen molar-refractivity contribution >= 4 is 61.5 Å². The van der Waals surface area contributed by atoms with Gasteiger partial charge in [0.25, 0.3) is 0 Å². The van der Waals surface area contributed by atoms with Gasteiger partial charge in [-0.2, -0.15) is 0 Å². The summed E-state index contributed by atoms with van der Waals surface area (Å²) in [6.07, 6.45) is 11.6. The van der Waals surface area contributed by atoms with Gasteiger partial charge in [-0.25, -0.2) is 0 Å². The van der Waals surface area contributed by atoms with E-state index in [0.717, 1.165) is 38.5 Å². The Labute approximate surface area is 230 Å². The number of carboxylic acids is 2. The van der Waals surface area contributed by atoms with Crippen LogP contribution in [0.3, 0.4) is 0 Å². The van der Waals surface area contributed by atoms with Crippen LogP contribution in [0.2, 0.25) is 0 Å². The Morgan fingerprint density at radius 2 is 0.879 bits per heavy atom. The van der Waals surface area contributed by atoms with Crippen LogP contribution < -0.4 is 10.2 Å². The first-order valence-corrected chi connectivity index (χ1v) is 11.9. The number of hydrogen-bond donors (Lipinski definition) is 0. The fourth-order valence-electron chi connectivity index (χ4n) is 2.86. The van der Waals surface area contributed by atoms with E-state index >= 15 is 0 Å². The Morgan fingerprint density at radius 3 is 1.12 bits per heavy atom. The molecule has 0 aliphatic carbocycles. The van der Waals surface area contributed by atoms with E-state index in [1.165, 1.54) is 63.4 Å². The van der Waals surface area contributed by atoms with Crippen LogP contribution in [0.15, 0.2) is 0 Å². The van der Waals surface area contributed by atoms with Crippen molar-refractivity contribution in [2.45, 2.75) is 117 Å². The molecule has 2 atom stereocenters. The van der Waals surface area contributed by atoms with E-state index < -0.39 is 24.0 Å². The molecule has 33 heavy (non-hydrogen) atoms. The molecular weight excluding hydrogens is 452 g/mol. The summed E-state index contributed by atoms with van der Waals surface area (Å²) in [6.45, 7) is 7.20. The first-order valence-electron chi connectivity index (χ1n) is 11.9. The van der Waals surface area contributed by atoms with E-state index in [1.807, 2.05) is 0 Å². The first-order chi connectivity index (χ1) is 15.0. The maximum atomic E-state index is 11.6. The van der Waals surface area contributed by atoms with Crippen LogP contribution in [0.25, 0.3) is 0 Å². The van der Waals surface area contributed by atoms with Crippen molar-refractivity contribution < 1.29 is 29.4 Å². The molecule has 0 saturated carbocycles. The summed E-state index contributed by atoms with van der Waals surface area (Å²) < 4.78 is 0. The number of carboxylic acid groups (broad SMARTS) is 2. The molecule has 2 amide bonds. The summed E-state index contributed by atoms with van der Waals surface area (Å²) in [5, 5.41) is 21.1. The van der Waals surface area contributed by atoms with Gasteiger partial charge in [0.15, 0.2) is 0 Å². The third kappa shape index (κ3) is 19.2. The van der Waals surface area contributed by atoms with Crippen LogP contribution in [-0.2, 0) is 19.2 Å². The third-order valence-corrected chi connectivity index (χ3v) is 5.62. The minimum Gasteiger partial charge on any atom is -0.548 e. The molecule has 0 fully saturated rings. The molecule has 0 radical (unpaired) electrons. The SMILES string of the molecule is CCCCCCCC(=O)N(C)C(C)C(=O)[O-].CCCCCCCC(=O)N(C)C(C)C(=O)[O-].[Ca+2]. The van der Waals surface area contributed by atoms with Gasteiger partial charge in [-0.1, -0.05) is 65.2 Å². The zero-order valence-electron chi connectivity index (χ0n) is 21.7. The molecule has 188 valence electrons. The van der Waals surface area contributed by atoms with Gasteiger partial charge < -0.3 is 29.6 Å². The maximum Gasteiger partial charge on any atom is 2.00 e. The Kier molecular flexibility index (Phi) is 25.5. The van der Waals surface area contributed by atoms with Crippen molar-refractivity contribution in [2.75, 3.05) is 14.1 Å². The molecule has 0 spiro atoms. The third-order valence-electron chi connectivity index (χ3n) is 5.62. The van der Waals surface area contributed by atoms with Crippen LogP contribution in [0.4, 0.5) is 0 Å². The van der Waals surface area contributed by atoms with Crippen molar-refractivity contribution in [1.29, 1.82) is 0 Å². The van der Waals surface area contributed by atoms with Gasteiger partial charge in [0.2, 0.25) is 11.8 Å². The van der Waals surface area contributed by atoms with Crippen molar-refractivity contribution in [3.8, 4) is 0 Å². The van der Waals surface area contributed by atoms with E-state index in [9.17, 15) is 29.4 Å². The molecule has 0 N–H and O–H groups in total. The van der Waals surface area contributed by atoms with E-state index in [1.54, 1.807) is 0 Å². The smallest absolute Gasteiger partial charge is 0.548 e. The van der Waals surface area contributed by atoms with Crippen molar-refractivity contribution in [3.63, 3.8) is 0 Å². The number of amides is 2. The minimum absolute atomic E-state index is 0. The predicted molar refractivity (Wildman–Crippen MR) is 127 cm³/mol. The molecule has 9 heteroatoms. The number of hydrogen-bond acceptors (Lipinski definition) is 6. The number of unbranched alkanes of at least 4 members (excludes halogenated alkanes) is 8. The second kappa shape index (κ2) is 22.9. The summed E-state index contributed by atoms with van der Waals surface area (Å²) >= 11 is 0.